The van der Waals surface area contributed by atoms with Crippen molar-refractivity contribution in [1.29, 1.82) is 0 Å². The van der Waals surface area contributed by atoms with Crippen LogP contribution < -0.4 is 25.2 Å². The van der Waals surface area contributed by atoms with E-state index in [4.69, 9.17) is 24.2 Å². The third-order valence-electron chi connectivity index (χ3n) is 18.2. The van der Waals surface area contributed by atoms with E-state index in [1.807, 2.05) is 145 Å². The van der Waals surface area contributed by atoms with Gasteiger partial charge in [-0.3, -0.25) is 24.1 Å². The van der Waals surface area contributed by atoms with Gasteiger partial charge in [-0.1, -0.05) is 130 Å². The lowest BCUT2D eigenvalue weighted by atomic mass is 9.94. The molecule has 17 nitrogen and oxygen atoms in total. The Balaban J connectivity index is 0.698. The van der Waals surface area contributed by atoms with Gasteiger partial charge in [0.05, 0.1) is 39.0 Å². The van der Waals surface area contributed by atoms with Crippen LogP contribution >= 0.6 is 34.4 Å². The first-order valence-electron chi connectivity index (χ1n) is 34.2. The lowest BCUT2D eigenvalue weighted by Gasteiger charge is -2.37. The quantitative estimate of drug-likeness (QED) is 0.0160. The van der Waals surface area contributed by atoms with Crippen LogP contribution in [0.15, 0.2) is 103 Å². The van der Waals surface area contributed by atoms with Crippen LogP contribution in [0.25, 0.3) is 31.8 Å². The van der Waals surface area contributed by atoms with Gasteiger partial charge < -0.3 is 39.8 Å². The number of benzene rings is 4. The van der Waals surface area contributed by atoms with Gasteiger partial charge in [-0.2, -0.15) is 11.8 Å². The lowest BCUT2D eigenvalue weighted by Crippen LogP contribution is -2.61. The van der Waals surface area contributed by atoms with Gasteiger partial charge in [0.15, 0.2) is 16.5 Å². The highest BCUT2D eigenvalue weighted by atomic mass is 32.2. The van der Waals surface area contributed by atoms with E-state index < -0.39 is 66.0 Å². The number of ether oxygens (including phenoxy) is 3. The summed E-state index contributed by atoms with van der Waals surface area (Å²) < 4.78 is 34.1. The molecule has 1 saturated carbocycles. The summed E-state index contributed by atoms with van der Waals surface area (Å²) in [5, 5.41) is 17.1. The average Bonchev–Trinajstić information content (AvgIpc) is 1.65. The monoisotopic (exact) mass is 1390 g/mol. The lowest BCUT2D eigenvalue weighted by molar-refractivity contribution is -0.143. The van der Waals surface area contributed by atoms with Crippen molar-refractivity contribution < 1.29 is 47.7 Å². The van der Waals surface area contributed by atoms with E-state index in [9.17, 15) is 29.1 Å². The number of esters is 1. The summed E-state index contributed by atoms with van der Waals surface area (Å²) in [7, 11) is -1.39. The minimum atomic E-state index is -2.01. The molecular formula is C75H95FN8O9S3Si. The van der Waals surface area contributed by atoms with E-state index in [0.29, 0.717) is 60.6 Å². The van der Waals surface area contributed by atoms with Gasteiger partial charge in [0, 0.05) is 63.2 Å². The first-order valence-corrected chi connectivity index (χ1v) is 40.6. The van der Waals surface area contributed by atoms with E-state index in [0.717, 1.165) is 117 Å². The maximum atomic E-state index is 15.2. The molecule has 2 fully saturated rings. The third kappa shape index (κ3) is 18.8. The van der Waals surface area contributed by atoms with E-state index in [1.165, 1.54) is 16.2 Å². The van der Waals surface area contributed by atoms with Crippen molar-refractivity contribution in [2.75, 3.05) is 48.6 Å². The maximum Gasteiger partial charge on any atom is 0.358 e. The van der Waals surface area contributed by atoms with Gasteiger partial charge in [0.25, 0.3) is 11.8 Å². The molecule has 3 aliphatic rings. The number of pyridine rings is 1. The fraction of sp³-hybridized carbons (Fsp3) is 0.493. The van der Waals surface area contributed by atoms with Gasteiger partial charge in [0.1, 0.15) is 36.0 Å². The number of aliphatic hydroxyl groups excluding tert-OH is 1. The zero-order chi connectivity index (χ0) is 69.2. The van der Waals surface area contributed by atoms with Crippen molar-refractivity contribution in [3.63, 3.8) is 0 Å². The molecule has 4 aromatic carbocycles. The van der Waals surface area contributed by atoms with Crippen molar-refractivity contribution in [3.8, 4) is 27.3 Å². The molecule has 1 saturated heterocycles. The second-order valence-electron chi connectivity index (χ2n) is 28.7. The highest BCUT2D eigenvalue weighted by molar-refractivity contribution is 8.00. The predicted octanol–water partition coefficient (Wildman–Crippen LogP) is 14.9. The van der Waals surface area contributed by atoms with Crippen molar-refractivity contribution in [1.82, 2.24) is 30.5 Å². The number of unbranched alkanes of at least 4 members (excludes halogenated alkanes) is 7. The predicted molar refractivity (Wildman–Crippen MR) is 390 cm³/mol. The van der Waals surface area contributed by atoms with Gasteiger partial charge >= 0.3 is 5.97 Å². The summed E-state index contributed by atoms with van der Waals surface area (Å²) in [5.41, 5.74) is 7.82. The summed E-state index contributed by atoms with van der Waals surface area (Å²) in [6.45, 7) is 22.5. The number of rotatable bonds is 31. The van der Waals surface area contributed by atoms with E-state index in [2.05, 4.69) is 46.2 Å². The highest BCUT2D eigenvalue weighted by Gasteiger charge is 2.54. The number of alkyl halides is 1. The Morgan fingerprint density at radius 3 is 2.27 bits per heavy atom. The topological polar surface area (TPSA) is 206 Å². The molecule has 22 heteroatoms. The summed E-state index contributed by atoms with van der Waals surface area (Å²) in [4.78, 5) is 91.3. The molecule has 3 aromatic heterocycles. The SMILES string of the molecule is Cc1ncsc1-c1ccc(CNC(=O)[C@@H]2C[C@@H](O)CN2C(=O)[C@@H](NC(=O)C2(F)CC2)C(C)(C)SCCCCCCCCCCOc2cccc(-c3ccc(N4CCc5cccc(C(=O)N(COCC[Si](C)(C)C)c6nc7ccccc7s6)c5C4)nc3C(=O)OC(C)(C)C)c2C)cc1. The standard InChI is InChI=1S/C75H95FN8O9S3Si/c1-49-55(56-33-34-63(80-64(56)70(89)93-73(3,4)5)82-38-35-52-23-21-25-57(58(52)46-82)68(87)84(48-91-40-42-97(8,9)10)72-79-59-26-17-18-28-62(59)96-72)24-22-27-61(49)92-39-19-15-13-11-12-14-16-20-41-95-74(6,7)66(81-71(90)75(76)36-37-75)69(88)83-45-54(85)43-60(83)67(86)77-44-51-29-31-53(32-30-51)65-50(2)78-47-94-65/h17-18,21-34,47,54,60,66,85H,11-16,19-20,35-46,48H2,1-10H3,(H,77,86)(H,81,90)/t54-,60+,66-/m1/s1. The summed E-state index contributed by atoms with van der Waals surface area (Å²) in [6.07, 6.45) is 7.99. The number of amides is 4. The molecule has 0 spiro atoms. The van der Waals surface area contributed by atoms with Crippen LogP contribution in [0.2, 0.25) is 25.7 Å². The number of halogens is 1. The van der Waals surface area contributed by atoms with Gasteiger partial charge in [-0.05, 0) is 162 Å². The Bertz CT molecular complexity index is 3890. The number of nitrogens with zero attached hydrogens (tertiary/aromatic N) is 6. The Kier molecular flexibility index (Phi) is 23.8. The molecule has 1 aliphatic carbocycles. The average molecular weight is 1400 g/mol. The summed E-state index contributed by atoms with van der Waals surface area (Å²) >= 11 is 4.59. The summed E-state index contributed by atoms with van der Waals surface area (Å²) in [6, 6.07) is 30.3. The zero-order valence-electron chi connectivity index (χ0n) is 57.9. The second-order valence-corrected chi connectivity index (χ2v) is 38.0. The number of anilines is 2. The molecule has 2 aliphatic heterocycles. The van der Waals surface area contributed by atoms with Gasteiger partial charge in [-0.25, -0.2) is 24.1 Å². The van der Waals surface area contributed by atoms with Crippen LogP contribution in [0.5, 0.6) is 5.75 Å². The Labute approximate surface area is 584 Å². The van der Waals surface area contributed by atoms with Crippen LogP contribution in [-0.2, 0) is 43.4 Å². The largest absolute Gasteiger partial charge is 0.493 e. The van der Waals surface area contributed by atoms with Crippen LogP contribution in [-0.4, -0.2) is 136 Å². The molecule has 97 heavy (non-hydrogen) atoms. The van der Waals surface area contributed by atoms with Crippen molar-refractivity contribution in [2.45, 2.75) is 198 Å². The number of β-amino-alcohol motifs (C(OH)–C–C–N with tert-alkyl or cyclic N) is 1. The number of likely N-dealkylation sites (tertiary alicyclic amines) is 1. The maximum absolute atomic E-state index is 15.2. The number of aliphatic hydroxyl groups is 1. The number of thioether (sulfide) groups is 1. The Morgan fingerprint density at radius 1 is 0.845 bits per heavy atom. The number of aryl methyl sites for hydroxylation is 1. The molecule has 4 amide bonds. The first kappa shape index (κ1) is 72.7. The molecular weight excluding hydrogens is 1300 g/mol. The number of nitrogens with one attached hydrogen (secondary N) is 2. The van der Waals surface area contributed by atoms with Crippen LogP contribution in [0.4, 0.5) is 15.3 Å². The number of carbonyl (C=O) groups excluding carboxylic acids is 5. The number of aromatic nitrogens is 3. The van der Waals surface area contributed by atoms with Gasteiger partial charge in [-0.15, -0.1) is 11.3 Å². The minimum absolute atomic E-state index is 0.0529. The van der Waals surface area contributed by atoms with Crippen LogP contribution in [0, 0.1) is 13.8 Å². The Morgan fingerprint density at radius 2 is 1.57 bits per heavy atom. The number of para-hydroxylation sites is 1. The molecule has 3 atom stereocenters. The minimum Gasteiger partial charge on any atom is -0.493 e. The summed E-state index contributed by atoms with van der Waals surface area (Å²) in [5.74, 6) is -0.392. The second kappa shape index (κ2) is 31.8. The molecule has 0 radical (unpaired) electrons. The van der Waals surface area contributed by atoms with E-state index >= 15 is 4.39 Å². The Hall–Kier alpha value is -7.08. The fourth-order valence-corrected chi connectivity index (χ4v) is 16.1. The van der Waals surface area contributed by atoms with E-state index in [1.54, 1.807) is 28.0 Å². The smallest absolute Gasteiger partial charge is 0.358 e. The normalized spacial score (nSPS) is 16.4. The van der Waals surface area contributed by atoms with Crippen LogP contribution in [0.3, 0.4) is 0 Å². The zero-order valence-corrected chi connectivity index (χ0v) is 61.3. The number of carbonyl (C=O) groups is 5. The highest BCUT2D eigenvalue weighted by Crippen LogP contribution is 2.42. The molecule has 7 aromatic rings. The number of fused-ring (bicyclic) bond motifs is 2. The van der Waals surface area contributed by atoms with Crippen molar-refractivity contribution >= 4 is 93.3 Å². The van der Waals surface area contributed by atoms with Crippen molar-refractivity contribution in [3.05, 3.63) is 142 Å². The molecule has 518 valence electrons. The number of thiazole rings is 2. The third-order valence-corrected chi connectivity index (χ3v) is 23.4. The molecule has 10 rings (SSSR count). The van der Waals surface area contributed by atoms with Crippen molar-refractivity contribution in [2.24, 2.45) is 0 Å². The molecule has 0 unspecified atom stereocenters. The van der Waals surface area contributed by atoms with Gasteiger partial charge in [0.2, 0.25) is 11.8 Å². The molecule has 5 heterocycles. The molecule has 0 bridgehead atoms. The fourth-order valence-electron chi connectivity index (χ4n) is 12.3. The first-order chi connectivity index (χ1) is 46.3. The van der Waals surface area contributed by atoms with E-state index in [-0.39, 0.29) is 50.7 Å². The molecule has 3 N–H and O–H groups in total. The van der Waals surface area contributed by atoms with Crippen LogP contribution in [0.1, 0.15) is 154 Å². The number of hydrogen-bond donors (Lipinski definition) is 3. The number of hydrogen-bond acceptors (Lipinski definition) is 16.